The Bertz CT molecular complexity index is 4120. The maximum Gasteiger partial charge on any atom is 0.252 e. The second-order valence-corrected chi connectivity index (χ2v) is 24.3. The molecule has 10 aromatic carbocycles. The summed E-state index contributed by atoms with van der Waals surface area (Å²) in [5, 5.41) is 2.23. The van der Waals surface area contributed by atoms with Gasteiger partial charge in [-0.2, -0.15) is 0 Å². The molecule has 0 atom stereocenters. The molecule has 0 amide bonds. The first kappa shape index (κ1) is 47.0. The molecule has 0 radical (unpaired) electrons. The number of aryl methyl sites for hydroxylation is 1. The summed E-state index contributed by atoms with van der Waals surface area (Å²) < 4.78 is 6.72. The van der Waals surface area contributed by atoms with Crippen molar-refractivity contribution in [1.29, 1.82) is 0 Å². The van der Waals surface area contributed by atoms with Crippen LogP contribution in [-0.4, -0.2) is 6.71 Å². The normalized spacial score (nSPS) is 14.1. The molecule has 0 spiro atoms. The third kappa shape index (κ3) is 7.42. The van der Waals surface area contributed by atoms with E-state index in [9.17, 15) is 0 Å². The van der Waals surface area contributed by atoms with Crippen LogP contribution < -0.4 is 31.1 Å². The largest absolute Gasteiger partial charge is 0.456 e. The van der Waals surface area contributed by atoms with Crippen LogP contribution in [0.3, 0.4) is 0 Å². The summed E-state index contributed by atoms with van der Waals surface area (Å²) in [5.74, 6) is 0. The zero-order valence-corrected chi connectivity index (χ0v) is 45.5. The lowest BCUT2D eigenvalue weighted by molar-refractivity contribution is 0.590. The third-order valence-corrected chi connectivity index (χ3v) is 17.0. The summed E-state index contributed by atoms with van der Waals surface area (Å²) in [6, 6.07) is 79.9. The van der Waals surface area contributed by atoms with Crippen molar-refractivity contribution < 1.29 is 4.42 Å². The van der Waals surface area contributed by atoms with Crippen LogP contribution in [0.25, 0.3) is 44.2 Å². The summed E-state index contributed by atoms with van der Waals surface area (Å²) in [7, 11) is 0. The van der Waals surface area contributed by atoms with E-state index in [1.165, 1.54) is 77.8 Å². The molecule has 0 bridgehead atoms. The molecule has 0 saturated carbocycles. The second kappa shape index (κ2) is 17.0. The monoisotopic (exact) mass is 995 g/mol. The van der Waals surface area contributed by atoms with E-state index in [0.717, 1.165) is 61.8 Å². The van der Waals surface area contributed by atoms with Gasteiger partial charge in [-0.25, -0.2) is 0 Å². The summed E-state index contributed by atoms with van der Waals surface area (Å²) in [6.07, 6.45) is 0. The van der Waals surface area contributed by atoms with E-state index < -0.39 is 0 Å². The quantitative estimate of drug-likeness (QED) is 0.155. The maximum atomic E-state index is 6.72. The Hall–Kier alpha value is -8.54. The van der Waals surface area contributed by atoms with E-state index in [0.29, 0.717) is 0 Å². The Kier molecular flexibility index (Phi) is 10.4. The Labute approximate surface area is 454 Å². The predicted octanol–water partition coefficient (Wildman–Crippen LogP) is 18.0. The van der Waals surface area contributed by atoms with E-state index in [2.05, 4.69) is 289 Å². The van der Waals surface area contributed by atoms with Crippen LogP contribution in [0.15, 0.2) is 217 Å². The predicted molar refractivity (Wildman–Crippen MR) is 328 cm³/mol. The molecule has 5 heteroatoms. The van der Waals surface area contributed by atoms with Gasteiger partial charge in [0, 0.05) is 73.4 Å². The van der Waals surface area contributed by atoms with Crippen molar-refractivity contribution in [1.82, 2.24) is 0 Å². The standard InChI is InChI=1S/C72H62BN3O/c1-45-39-65-69-66(40-45)76(54-33-36-58-57-20-14-16-22-67(57)77-68(58)44-54)64-43-53(74(50-28-24-48(25-29-50)70(2,3)4)51-30-26-49(27-31-51)71(5,6)7)34-37-61(64)73(69)62-41-47(46-17-11-10-12-18-46)23-38-63(62)75(65)52-32-35-56-55-19-13-15-21-59(55)72(8,9)60(56)42-52/h10-44H,1-9H3. The number of benzene rings is 10. The van der Waals surface area contributed by atoms with Gasteiger partial charge in [-0.3, -0.25) is 0 Å². The highest BCUT2D eigenvalue weighted by Crippen LogP contribution is 2.53. The van der Waals surface area contributed by atoms with Gasteiger partial charge in [-0.1, -0.05) is 177 Å². The van der Waals surface area contributed by atoms with E-state index in [1.807, 2.05) is 0 Å². The lowest BCUT2D eigenvalue weighted by atomic mass is 9.33. The van der Waals surface area contributed by atoms with E-state index in [1.54, 1.807) is 0 Å². The van der Waals surface area contributed by atoms with Crippen LogP contribution in [0.2, 0.25) is 0 Å². The molecule has 2 aliphatic heterocycles. The molecule has 0 N–H and O–H groups in total. The van der Waals surface area contributed by atoms with E-state index >= 15 is 0 Å². The Morgan fingerprint density at radius 1 is 0.429 bits per heavy atom. The number of furan rings is 1. The van der Waals surface area contributed by atoms with Gasteiger partial charge in [0.05, 0.1) is 0 Å². The van der Waals surface area contributed by atoms with Crippen molar-refractivity contribution in [3.8, 4) is 22.3 Å². The lowest BCUT2D eigenvalue weighted by Gasteiger charge is -2.45. The molecule has 3 aliphatic rings. The van der Waals surface area contributed by atoms with Crippen LogP contribution >= 0.6 is 0 Å². The molecule has 0 saturated heterocycles. The molecular formula is C72H62BN3O. The van der Waals surface area contributed by atoms with Gasteiger partial charge in [0.15, 0.2) is 0 Å². The fourth-order valence-corrected chi connectivity index (χ4v) is 13.0. The molecular weight excluding hydrogens is 934 g/mol. The Morgan fingerprint density at radius 3 is 1.71 bits per heavy atom. The summed E-state index contributed by atoms with van der Waals surface area (Å²) in [4.78, 5) is 7.54. The summed E-state index contributed by atoms with van der Waals surface area (Å²) >= 11 is 0. The lowest BCUT2D eigenvalue weighted by Crippen LogP contribution is -2.61. The Balaban J connectivity index is 1.03. The van der Waals surface area contributed by atoms with Gasteiger partial charge in [0.1, 0.15) is 11.2 Å². The summed E-state index contributed by atoms with van der Waals surface area (Å²) in [5.41, 5.74) is 27.2. The molecule has 0 fully saturated rings. The van der Waals surface area contributed by atoms with Gasteiger partial charge in [0.2, 0.25) is 0 Å². The summed E-state index contributed by atoms with van der Waals surface area (Å²) in [6.45, 7) is 20.6. The molecule has 77 heavy (non-hydrogen) atoms. The van der Waals surface area contributed by atoms with Crippen LogP contribution in [0.5, 0.6) is 0 Å². The number of fused-ring (bicyclic) bond motifs is 10. The first-order valence-corrected chi connectivity index (χ1v) is 27.4. The van der Waals surface area contributed by atoms with Crippen molar-refractivity contribution in [3.63, 3.8) is 0 Å². The van der Waals surface area contributed by atoms with Crippen molar-refractivity contribution in [2.75, 3.05) is 14.7 Å². The van der Waals surface area contributed by atoms with Gasteiger partial charge in [-0.15, -0.1) is 0 Å². The van der Waals surface area contributed by atoms with Gasteiger partial charge >= 0.3 is 0 Å². The molecule has 1 aromatic heterocycles. The minimum Gasteiger partial charge on any atom is -0.456 e. The third-order valence-electron chi connectivity index (χ3n) is 17.0. The van der Waals surface area contributed by atoms with Gasteiger partial charge in [-0.05, 0) is 169 Å². The van der Waals surface area contributed by atoms with Gasteiger partial charge < -0.3 is 19.1 Å². The van der Waals surface area contributed by atoms with E-state index in [-0.39, 0.29) is 23.0 Å². The highest BCUT2D eigenvalue weighted by molar-refractivity contribution is 7.00. The number of rotatable bonds is 6. The molecule has 374 valence electrons. The number of para-hydroxylation sites is 1. The minimum atomic E-state index is -0.161. The van der Waals surface area contributed by atoms with Crippen molar-refractivity contribution in [2.24, 2.45) is 0 Å². The smallest absolute Gasteiger partial charge is 0.252 e. The van der Waals surface area contributed by atoms with Crippen LogP contribution in [0.1, 0.15) is 83.2 Å². The van der Waals surface area contributed by atoms with Gasteiger partial charge in [0.25, 0.3) is 6.71 Å². The zero-order valence-electron chi connectivity index (χ0n) is 45.5. The first-order chi connectivity index (χ1) is 37.1. The molecule has 11 aromatic rings. The SMILES string of the molecule is Cc1cc2c3c(c1)N(c1ccc4c(c1)oc1ccccc14)c1cc(N(c4ccc(C(C)(C)C)cc4)c4ccc(C(C)(C)C)cc4)ccc1B3c1cc(-c3ccccc3)ccc1N2c1ccc2c(c1)C(C)(C)c1ccccc1-2. The average molecular weight is 996 g/mol. The van der Waals surface area contributed by atoms with Crippen LogP contribution in [0, 0.1) is 6.92 Å². The highest BCUT2D eigenvalue weighted by Gasteiger charge is 2.45. The minimum absolute atomic E-state index is 0.0184. The second-order valence-electron chi connectivity index (χ2n) is 24.3. The van der Waals surface area contributed by atoms with E-state index in [4.69, 9.17) is 4.42 Å². The molecule has 0 unspecified atom stereocenters. The number of hydrogen-bond donors (Lipinski definition) is 0. The van der Waals surface area contributed by atoms with Crippen molar-refractivity contribution in [2.45, 2.75) is 78.6 Å². The fourth-order valence-electron chi connectivity index (χ4n) is 13.0. The Morgan fingerprint density at radius 2 is 1.01 bits per heavy atom. The van der Waals surface area contributed by atoms with Crippen molar-refractivity contribution in [3.05, 3.63) is 240 Å². The molecule has 14 rings (SSSR count). The molecule has 1 aliphatic carbocycles. The highest BCUT2D eigenvalue weighted by atomic mass is 16.3. The first-order valence-electron chi connectivity index (χ1n) is 27.4. The number of hydrogen-bond acceptors (Lipinski definition) is 4. The van der Waals surface area contributed by atoms with Crippen LogP contribution in [0.4, 0.5) is 51.2 Å². The topological polar surface area (TPSA) is 22.9 Å². The zero-order chi connectivity index (χ0) is 52.7. The fraction of sp³-hybridized carbons (Fsp3) is 0.167. The number of nitrogens with zero attached hydrogens (tertiary/aromatic N) is 3. The molecule has 4 nitrogen and oxygen atoms in total. The van der Waals surface area contributed by atoms with Crippen molar-refractivity contribution >= 4 is 96.2 Å². The average Bonchev–Trinajstić information content (AvgIpc) is 4.02. The number of anilines is 9. The maximum absolute atomic E-state index is 6.72. The molecule has 3 heterocycles. The van der Waals surface area contributed by atoms with Crippen LogP contribution in [-0.2, 0) is 16.2 Å².